The predicted molar refractivity (Wildman–Crippen MR) is 121 cm³/mol. The van der Waals surface area contributed by atoms with Crippen LogP contribution in [0.2, 0.25) is 0 Å². The summed E-state index contributed by atoms with van der Waals surface area (Å²) in [5, 5.41) is 15.0. The lowest BCUT2D eigenvalue weighted by Gasteiger charge is -2.31. The summed E-state index contributed by atoms with van der Waals surface area (Å²) in [5.74, 6) is -0.882. The molecule has 0 fully saturated rings. The minimum Gasteiger partial charge on any atom is -0.458 e. The topological polar surface area (TPSA) is 111 Å². The van der Waals surface area contributed by atoms with Gasteiger partial charge in [-0.2, -0.15) is 0 Å². The first kappa shape index (κ1) is 21.3. The molecular weight excluding hydrogens is 422 g/mol. The van der Waals surface area contributed by atoms with Crippen LogP contribution < -0.4 is 10.9 Å². The van der Waals surface area contributed by atoms with Gasteiger partial charge in [0, 0.05) is 23.4 Å². The van der Waals surface area contributed by atoms with Gasteiger partial charge >= 0.3 is 5.97 Å². The van der Waals surface area contributed by atoms with Crippen LogP contribution in [-0.4, -0.2) is 26.5 Å². The summed E-state index contributed by atoms with van der Waals surface area (Å²) in [5.41, 5.74) is 2.14. The van der Waals surface area contributed by atoms with Crippen molar-refractivity contribution in [3.8, 4) is 11.4 Å². The number of para-hydroxylation sites is 1. The molecule has 0 unspecified atom stereocenters. The van der Waals surface area contributed by atoms with Crippen LogP contribution in [0.5, 0.6) is 0 Å². The summed E-state index contributed by atoms with van der Waals surface area (Å²) < 4.78 is 6.77. The van der Waals surface area contributed by atoms with Crippen molar-refractivity contribution in [1.82, 2.24) is 14.9 Å². The lowest BCUT2D eigenvalue weighted by atomic mass is 9.86. The monoisotopic (exact) mass is 447 g/mol. The molecule has 1 amide bonds. The standard InChI is InChI=1S/C25H25N3O5/c1-4-18(26-13(3)29)21-14-8-6-7-9-19(14)27-22-15(21)11-28-20(22)10-17-16(23(28)30)12-33-24(31)25(17,32)5-2/h6-10,18,32H,4-5,11-12H2,1-3H3,(H,26,29)/t18-,25-/m0/s1. The molecule has 8 heteroatoms. The van der Waals surface area contributed by atoms with Crippen molar-refractivity contribution in [3.05, 3.63) is 62.9 Å². The second-order valence-electron chi connectivity index (χ2n) is 8.63. The Bertz CT molecular complexity index is 1390. The third-order valence-electron chi connectivity index (χ3n) is 6.77. The molecule has 0 saturated heterocycles. The molecule has 0 radical (unpaired) electrons. The summed E-state index contributed by atoms with van der Waals surface area (Å²) in [6, 6.07) is 9.15. The van der Waals surface area contributed by atoms with Gasteiger partial charge in [-0.25, -0.2) is 9.78 Å². The van der Waals surface area contributed by atoms with Crippen LogP contribution in [0.3, 0.4) is 0 Å². The number of amides is 1. The number of pyridine rings is 2. The first-order chi connectivity index (χ1) is 15.8. The first-order valence-corrected chi connectivity index (χ1v) is 11.2. The molecule has 170 valence electrons. The number of esters is 1. The molecule has 0 aliphatic carbocycles. The number of carbonyl (C=O) groups excluding carboxylic acids is 2. The summed E-state index contributed by atoms with van der Waals surface area (Å²) in [6.07, 6.45) is 0.755. The lowest BCUT2D eigenvalue weighted by Crippen LogP contribution is -2.44. The third kappa shape index (κ3) is 3.01. The number of carbonyl (C=O) groups is 2. The Hall–Kier alpha value is -3.52. The summed E-state index contributed by atoms with van der Waals surface area (Å²) >= 11 is 0. The Labute approximate surface area is 190 Å². The smallest absolute Gasteiger partial charge is 0.343 e. The number of nitrogens with one attached hydrogen (secondary N) is 1. The molecule has 3 aromatic rings. The minimum atomic E-state index is -1.87. The zero-order valence-corrected chi connectivity index (χ0v) is 18.8. The number of aromatic nitrogens is 2. The molecule has 2 atom stereocenters. The van der Waals surface area contributed by atoms with Crippen LogP contribution in [0.25, 0.3) is 22.3 Å². The Morgan fingerprint density at radius 2 is 2.03 bits per heavy atom. The minimum absolute atomic E-state index is 0.0887. The highest BCUT2D eigenvalue weighted by Crippen LogP contribution is 2.42. The summed E-state index contributed by atoms with van der Waals surface area (Å²) in [4.78, 5) is 42.7. The molecule has 4 heterocycles. The molecule has 2 aromatic heterocycles. The van der Waals surface area contributed by atoms with E-state index >= 15 is 0 Å². The van der Waals surface area contributed by atoms with Gasteiger partial charge in [-0.15, -0.1) is 0 Å². The molecule has 2 aliphatic rings. The van der Waals surface area contributed by atoms with Gasteiger partial charge in [0.1, 0.15) is 6.61 Å². The zero-order chi connectivity index (χ0) is 23.5. The maximum absolute atomic E-state index is 13.5. The molecule has 0 bridgehead atoms. The predicted octanol–water partition coefficient (Wildman–Crippen LogP) is 2.67. The number of ether oxygens (including phenoxy) is 1. The van der Waals surface area contributed by atoms with E-state index < -0.39 is 11.6 Å². The second-order valence-corrected chi connectivity index (χ2v) is 8.63. The van der Waals surface area contributed by atoms with Gasteiger partial charge in [-0.05, 0) is 30.5 Å². The Morgan fingerprint density at radius 3 is 2.73 bits per heavy atom. The van der Waals surface area contributed by atoms with Crippen LogP contribution in [-0.2, 0) is 33.1 Å². The fourth-order valence-electron chi connectivity index (χ4n) is 5.08. The van der Waals surface area contributed by atoms with Crippen LogP contribution >= 0.6 is 0 Å². The number of cyclic esters (lactones) is 1. The maximum atomic E-state index is 13.5. The van der Waals surface area contributed by atoms with Gasteiger partial charge in [0.15, 0.2) is 5.60 Å². The van der Waals surface area contributed by atoms with Crippen molar-refractivity contribution >= 4 is 22.8 Å². The van der Waals surface area contributed by atoms with E-state index in [9.17, 15) is 19.5 Å². The van der Waals surface area contributed by atoms with E-state index in [1.54, 1.807) is 17.6 Å². The largest absolute Gasteiger partial charge is 0.458 e. The molecule has 2 aliphatic heterocycles. The van der Waals surface area contributed by atoms with E-state index in [-0.39, 0.29) is 41.7 Å². The number of rotatable bonds is 4. The van der Waals surface area contributed by atoms with E-state index in [4.69, 9.17) is 9.72 Å². The normalized spacial score (nSPS) is 19.5. The van der Waals surface area contributed by atoms with E-state index in [2.05, 4.69) is 5.32 Å². The second kappa shape index (κ2) is 7.52. The Morgan fingerprint density at radius 1 is 1.27 bits per heavy atom. The van der Waals surface area contributed by atoms with Gasteiger partial charge < -0.3 is 19.7 Å². The van der Waals surface area contributed by atoms with Gasteiger partial charge in [0.05, 0.1) is 35.1 Å². The van der Waals surface area contributed by atoms with Crippen LogP contribution in [0.4, 0.5) is 0 Å². The quantitative estimate of drug-likeness (QED) is 0.466. The molecule has 1 aromatic carbocycles. The van der Waals surface area contributed by atoms with Crippen molar-refractivity contribution in [2.24, 2.45) is 0 Å². The average Bonchev–Trinajstić information content (AvgIpc) is 3.17. The van der Waals surface area contributed by atoms with Gasteiger partial charge in [0.2, 0.25) is 5.91 Å². The average molecular weight is 447 g/mol. The third-order valence-corrected chi connectivity index (χ3v) is 6.77. The molecular formula is C25H25N3O5. The highest BCUT2D eigenvalue weighted by molar-refractivity contribution is 5.90. The van der Waals surface area contributed by atoms with Crippen LogP contribution in [0.15, 0.2) is 35.1 Å². The number of benzene rings is 1. The molecule has 2 N–H and O–H groups in total. The zero-order valence-electron chi connectivity index (χ0n) is 18.8. The van der Waals surface area contributed by atoms with Crippen LogP contribution in [0.1, 0.15) is 61.9 Å². The van der Waals surface area contributed by atoms with E-state index in [0.717, 1.165) is 22.0 Å². The fourth-order valence-corrected chi connectivity index (χ4v) is 5.08. The maximum Gasteiger partial charge on any atom is 0.343 e. The van der Waals surface area contributed by atoms with E-state index in [0.29, 0.717) is 24.4 Å². The summed E-state index contributed by atoms with van der Waals surface area (Å²) in [6.45, 7) is 5.29. The van der Waals surface area contributed by atoms with Gasteiger partial charge in [-0.3, -0.25) is 9.59 Å². The van der Waals surface area contributed by atoms with Crippen molar-refractivity contribution in [1.29, 1.82) is 0 Å². The van der Waals surface area contributed by atoms with Crippen molar-refractivity contribution in [2.45, 2.75) is 58.4 Å². The number of aliphatic hydroxyl groups is 1. The molecule has 33 heavy (non-hydrogen) atoms. The Kier molecular flexibility index (Phi) is 4.86. The van der Waals surface area contributed by atoms with Crippen molar-refractivity contribution in [2.75, 3.05) is 0 Å². The highest BCUT2D eigenvalue weighted by Gasteiger charge is 2.45. The fraction of sp³-hybridized carbons (Fsp3) is 0.360. The number of hydrogen-bond donors (Lipinski definition) is 2. The SMILES string of the molecule is CC[C@H](NC(C)=O)c1c2c(nc3ccccc13)-c1cc3c(c(=O)n1C2)COC(=O)[C@]3(O)CC. The van der Waals surface area contributed by atoms with Crippen molar-refractivity contribution in [3.63, 3.8) is 0 Å². The number of nitrogens with zero attached hydrogens (tertiary/aromatic N) is 2. The van der Waals surface area contributed by atoms with Gasteiger partial charge in [0.25, 0.3) is 5.56 Å². The molecule has 8 nitrogen and oxygen atoms in total. The highest BCUT2D eigenvalue weighted by atomic mass is 16.6. The van der Waals surface area contributed by atoms with Crippen LogP contribution in [0, 0.1) is 0 Å². The Balaban J connectivity index is 1.82. The van der Waals surface area contributed by atoms with Gasteiger partial charge in [-0.1, -0.05) is 32.0 Å². The molecule has 5 rings (SSSR count). The van der Waals surface area contributed by atoms with E-state index in [1.807, 2.05) is 31.2 Å². The lowest BCUT2D eigenvalue weighted by molar-refractivity contribution is -0.172. The molecule has 0 saturated carbocycles. The van der Waals surface area contributed by atoms with Crippen molar-refractivity contribution < 1.29 is 19.4 Å². The number of fused-ring (bicyclic) bond motifs is 5. The number of hydrogen-bond acceptors (Lipinski definition) is 6. The molecule has 0 spiro atoms. The summed E-state index contributed by atoms with van der Waals surface area (Å²) in [7, 11) is 0. The van der Waals surface area contributed by atoms with E-state index in [1.165, 1.54) is 6.92 Å². The first-order valence-electron chi connectivity index (χ1n) is 11.2.